The highest BCUT2D eigenvalue weighted by Crippen LogP contribution is 2.40. The highest BCUT2D eigenvalue weighted by Gasteiger charge is 2.36. The average molecular weight is 554 g/mol. The first-order chi connectivity index (χ1) is 19.4. The smallest absolute Gasteiger partial charge is 0.337 e. The molecule has 0 fully saturated rings. The van der Waals surface area contributed by atoms with Crippen LogP contribution in [0, 0.1) is 0 Å². The molecule has 0 radical (unpaired) electrons. The highest BCUT2D eigenvalue weighted by atomic mass is 32.2. The topological polar surface area (TPSA) is 93.3 Å². The minimum Gasteiger partial charge on any atom is -0.489 e. The zero-order valence-electron chi connectivity index (χ0n) is 22.6. The van der Waals surface area contributed by atoms with Crippen LogP contribution in [0.15, 0.2) is 106 Å². The van der Waals surface area contributed by atoms with Crippen LogP contribution in [0.5, 0.6) is 5.75 Å². The Labute approximate surface area is 237 Å². The van der Waals surface area contributed by atoms with Gasteiger partial charge in [0, 0.05) is 11.4 Å². The van der Waals surface area contributed by atoms with Crippen molar-refractivity contribution in [2.75, 3.05) is 5.32 Å². The van der Waals surface area contributed by atoms with Gasteiger partial charge in [0.2, 0.25) is 0 Å². The van der Waals surface area contributed by atoms with Gasteiger partial charge in [-0.05, 0) is 49.6 Å². The van der Waals surface area contributed by atoms with E-state index < -0.39 is 11.9 Å². The van der Waals surface area contributed by atoms with Gasteiger partial charge in [0.25, 0.3) is 5.56 Å². The maximum absolute atomic E-state index is 13.6. The van der Waals surface area contributed by atoms with Crippen LogP contribution in [0.2, 0.25) is 0 Å². The summed E-state index contributed by atoms with van der Waals surface area (Å²) in [4.78, 5) is 34.5. The SMILES string of the molecule is CC1=C(C(=O)OC(C)C)C(c2ccc(OCc3ccccc3)cc2)c2c(nc(SCc3ccccc3)[nH]c2=O)N1. The van der Waals surface area contributed by atoms with Gasteiger partial charge in [-0.15, -0.1) is 0 Å². The molecule has 3 aromatic carbocycles. The number of aromatic amines is 1. The summed E-state index contributed by atoms with van der Waals surface area (Å²) < 4.78 is 11.5. The molecule has 1 aliphatic heterocycles. The molecule has 0 bridgehead atoms. The zero-order valence-corrected chi connectivity index (χ0v) is 23.5. The molecule has 1 aromatic heterocycles. The third-order valence-electron chi connectivity index (χ3n) is 6.46. The number of hydrogen-bond donors (Lipinski definition) is 2. The van der Waals surface area contributed by atoms with Crippen LogP contribution >= 0.6 is 11.8 Å². The number of hydrogen-bond acceptors (Lipinski definition) is 7. The number of esters is 1. The minimum absolute atomic E-state index is 0.301. The summed E-state index contributed by atoms with van der Waals surface area (Å²) in [7, 11) is 0. The van der Waals surface area contributed by atoms with E-state index >= 15 is 0 Å². The first-order valence-corrected chi connectivity index (χ1v) is 14.1. The second-order valence-electron chi connectivity index (χ2n) is 9.80. The number of H-pyrrole nitrogens is 1. The van der Waals surface area contributed by atoms with E-state index in [1.807, 2.05) is 91.9 Å². The van der Waals surface area contributed by atoms with Crippen molar-refractivity contribution in [2.24, 2.45) is 0 Å². The number of nitrogens with zero attached hydrogens (tertiary/aromatic N) is 1. The van der Waals surface area contributed by atoms with Crippen molar-refractivity contribution in [1.29, 1.82) is 0 Å². The lowest BCUT2D eigenvalue weighted by Gasteiger charge is -2.29. The van der Waals surface area contributed by atoms with Gasteiger partial charge >= 0.3 is 5.97 Å². The summed E-state index contributed by atoms with van der Waals surface area (Å²) in [6, 6.07) is 27.4. The van der Waals surface area contributed by atoms with Crippen LogP contribution in [-0.4, -0.2) is 22.0 Å². The van der Waals surface area contributed by atoms with Gasteiger partial charge < -0.3 is 19.8 Å². The quantitative estimate of drug-likeness (QED) is 0.140. The summed E-state index contributed by atoms with van der Waals surface area (Å²) >= 11 is 1.45. The molecule has 2 N–H and O–H groups in total. The third-order valence-corrected chi connectivity index (χ3v) is 7.41. The fraction of sp³-hybridized carbons (Fsp3) is 0.219. The Morgan fingerprint density at radius 2 is 1.60 bits per heavy atom. The number of ether oxygens (including phenoxy) is 2. The molecule has 0 saturated carbocycles. The van der Waals surface area contributed by atoms with E-state index in [0.717, 1.165) is 16.7 Å². The van der Waals surface area contributed by atoms with Crippen molar-refractivity contribution in [3.8, 4) is 5.75 Å². The molecule has 204 valence electrons. The monoisotopic (exact) mass is 553 g/mol. The number of carbonyl (C=O) groups excluding carboxylic acids is 1. The molecule has 1 atom stereocenters. The van der Waals surface area contributed by atoms with Crippen molar-refractivity contribution >= 4 is 23.5 Å². The van der Waals surface area contributed by atoms with Crippen molar-refractivity contribution < 1.29 is 14.3 Å². The fourth-order valence-electron chi connectivity index (χ4n) is 4.60. The van der Waals surface area contributed by atoms with E-state index in [1.54, 1.807) is 13.8 Å². The van der Waals surface area contributed by atoms with Gasteiger partial charge in [0.15, 0.2) is 5.16 Å². The summed E-state index contributed by atoms with van der Waals surface area (Å²) in [5.74, 6) is 0.662. The van der Waals surface area contributed by atoms with Gasteiger partial charge in [0.1, 0.15) is 18.2 Å². The number of thioether (sulfide) groups is 1. The van der Waals surface area contributed by atoms with Crippen molar-refractivity contribution in [2.45, 2.75) is 50.3 Å². The standard InChI is InChI=1S/C32H31N3O4S/c1-20(2)39-31(37)26-21(3)33-29-28(30(36)35-32(34-29)40-19-23-12-8-5-9-13-23)27(26)24-14-16-25(17-15-24)38-18-22-10-6-4-7-11-22/h4-17,20,27H,18-19H2,1-3H3,(H2,33,34,35,36). The Bertz CT molecular complexity index is 1570. The summed E-state index contributed by atoms with van der Waals surface area (Å²) in [6.45, 7) is 5.85. The first kappa shape index (κ1) is 27.3. The van der Waals surface area contributed by atoms with Crippen LogP contribution in [-0.2, 0) is 21.9 Å². The molecule has 2 heterocycles. The van der Waals surface area contributed by atoms with Gasteiger partial charge in [-0.3, -0.25) is 4.79 Å². The third kappa shape index (κ3) is 6.29. The molecule has 1 aliphatic rings. The molecule has 1 unspecified atom stereocenters. The minimum atomic E-state index is -0.657. The Morgan fingerprint density at radius 1 is 0.950 bits per heavy atom. The van der Waals surface area contributed by atoms with E-state index in [2.05, 4.69) is 10.3 Å². The molecule has 0 aliphatic carbocycles. The van der Waals surface area contributed by atoms with E-state index in [-0.39, 0.29) is 11.7 Å². The number of anilines is 1. The lowest BCUT2D eigenvalue weighted by Crippen LogP contribution is -2.31. The van der Waals surface area contributed by atoms with Gasteiger partial charge in [0.05, 0.1) is 23.2 Å². The highest BCUT2D eigenvalue weighted by molar-refractivity contribution is 7.98. The second-order valence-corrected chi connectivity index (χ2v) is 10.8. The van der Waals surface area contributed by atoms with E-state index in [1.165, 1.54) is 11.8 Å². The fourth-order valence-corrected chi connectivity index (χ4v) is 5.42. The van der Waals surface area contributed by atoms with Crippen LogP contribution in [0.25, 0.3) is 0 Å². The zero-order chi connectivity index (χ0) is 28.1. The molecule has 5 rings (SSSR count). The predicted octanol–water partition coefficient (Wildman–Crippen LogP) is 6.42. The van der Waals surface area contributed by atoms with Gasteiger partial charge in [-0.25, -0.2) is 9.78 Å². The largest absolute Gasteiger partial charge is 0.489 e. The van der Waals surface area contributed by atoms with Crippen molar-refractivity contribution in [1.82, 2.24) is 9.97 Å². The van der Waals surface area contributed by atoms with Crippen molar-refractivity contribution in [3.05, 3.63) is 129 Å². The number of carbonyl (C=O) groups is 1. The molecule has 7 nitrogen and oxygen atoms in total. The van der Waals surface area contributed by atoms with E-state index in [9.17, 15) is 9.59 Å². The van der Waals surface area contributed by atoms with Crippen LogP contribution < -0.4 is 15.6 Å². The number of rotatable bonds is 9. The molecule has 40 heavy (non-hydrogen) atoms. The Morgan fingerprint density at radius 3 is 2.25 bits per heavy atom. The maximum atomic E-state index is 13.6. The Hall–Kier alpha value is -4.30. The number of benzene rings is 3. The summed E-state index contributed by atoms with van der Waals surface area (Å²) in [5, 5.41) is 3.71. The number of allylic oxidation sites excluding steroid dienone is 1. The lowest BCUT2D eigenvalue weighted by atomic mass is 9.82. The van der Waals surface area contributed by atoms with Crippen molar-refractivity contribution in [3.63, 3.8) is 0 Å². The number of aromatic nitrogens is 2. The van der Waals surface area contributed by atoms with Crippen LogP contribution in [0.3, 0.4) is 0 Å². The lowest BCUT2D eigenvalue weighted by molar-refractivity contribution is -0.143. The second kappa shape index (κ2) is 12.3. The van der Waals surface area contributed by atoms with Gasteiger partial charge in [-0.2, -0.15) is 0 Å². The average Bonchev–Trinajstić information content (AvgIpc) is 2.95. The molecular formula is C32H31N3O4S. The predicted molar refractivity (Wildman–Crippen MR) is 157 cm³/mol. The first-order valence-electron chi connectivity index (χ1n) is 13.2. The molecule has 0 amide bonds. The van der Waals surface area contributed by atoms with Crippen LogP contribution in [0.4, 0.5) is 5.82 Å². The van der Waals surface area contributed by atoms with E-state index in [0.29, 0.717) is 45.9 Å². The molecule has 4 aromatic rings. The molecule has 8 heteroatoms. The van der Waals surface area contributed by atoms with E-state index in [4.69, 9.17) is 14.5 Å². The number of fused-ring (bicyclic) bond motifs is 1. The molecule has 0 saturated heterocycles. The van der Waals surface area contributed by atoms with Crippen LogP contribution in [0.1, 0.15) is 48.9 Å². The molecule has 0 spiro atoms. The molecular weight excluding hydrogens is 522 g/mol. The Balaban J connectivity index is 1.47. The Kier molecular flexibility index (Phi) is 8.36. The van der Waals surface area contributed by atoms with Gasteiger partial charge in [-0.1, -0.05) is 84.6 Å². The normalized spacial score (nSPS) is 14.4. The maximum Gasteiger partial charge on any atom is 0.337 e. The summed E-state index contributed by atoms with van der Waals surface area (Å²) in [5.41, 5.74) is 4.02. The summed E-state index contributed by atoms with van der Waals surface area (Å²) in [6.07, 6.45) is -0.309. The number of nitrogens with one attached hydrogen (secondary N) is 2.